The fourth-order valence-corrected chi connectivity index (χ4v) is 8.39. The van der Waals surface area contributed by atoms with Gasteiger partial charge in [-0.1, -0.05) is 27.2 Å². The second kappa shape index (κ2) is 6.92. The van der Waals surface area contributed by atoms with E-state index in [1.807, 2.05) is 13.8 Å². The molecule has 1 saturated heterocycles. The van der Waals surface area contributed by atoms with Gasteiger partial charge >= 0.3 is 0 Å². The van der Waals surface area contributed by atoms with E-state index in [4.69, 9.17) is 9.47 Å². The molecular weight excluding hydrogens is 418 g/mol. The number of allylic oxidation sites excluding steroid dienone is 1. The molecule has 5 rings (SSSR count). The normalized spacial score (nSPS) is 54.3. The van der Waals surface area contributed by atoms with Crippen LogP contribution in [-0.2, 0) is 19.1 Å². The van der Waals surface area contributed by atoms with Crippen molar-refractivity contribution in [2.24, 2.45) is 22.7 Å². The van der Waals surface area contributed by atoms with E-state index in [0.717, 1.165) is 6.42 Å². The van der Waals surface area contributed by atoms with Crippen LogP contribution in [0.15, 0.2) is 11.6 Å². The SMILES string of the molecule is CCCC1O[C@@H]2C[C@H]3[C@@H]4C[C@H](F)C5=CC(=O)CC[C@]5(C)[C@@]4(F)[C@@H](O)C[C@]3(C)[C@]2(C(C)=O)O1. The summed E-state index contributed by atoms with van der Waals surface area (Å²) in [5, 5.41) is 11.4. The van der Waals surface area contributed by atoms with Crippen LogP contribution in [-0.4, -0.2) is 52.6 Å². The van der Waals surface area contributed by atoms with E-state index in [2.05, 4.69) is 0 Å². The maximum atomic E-state index is 17.2. The summed E-state index contributed by atoms with van der Waals surface area (Å²) in [7, 11) is 0. The average molecular weight is 453 g/mol. The van der Waals surface area contributed by atoms with Crippen molar-refractivity contribution in [2.45, 2.75) is 109 Å². The number of alkyl halides is 2. The number of fused-ring (bicyclic) bond motifs is 7. The lowest BCUT2D eigenvalue weighted by Crippen LogP contribution is -2.71. The molecule has 0 radical (unpaired) electrons. The van der Waals surface area contributed by atoms with Gasteiger partial charge in [-0.3, -0.25) is 9.59 Å². The molecule has 0 amide bonds. The number of rotatable bonds is 3. The van der Waals surface area contributed by atoms with Crippen LogP contribution in [0.4, 0.5) is 8.78 Å². The molecule has 1 N–H and O–H groups in total. The highest BCUT2D eigenvalue weighted by Gasteiger charge is 2.79. The molecule has 32 heavy (non-hydrogen) atoms. The molecule has 0 aromatic carbocycles. The van der Waals surface area contributed by atoms with Crippen LogP contribution in [0.3, 0.4) is 0 Å². The molecule has 5 nitrogen and oxygen atoms in total. The standard InChI is InChI=1S/C25H34F2O5/c1-5-6-21-31-20-11-15-16-10-18(26)17-9-14(29)7-8-22(17,3)24(16,27)19(30)12-23(15,4)25(20,32-21)13(2)28/h9,15-16,18-21,30H,5-8,10-12H2,1-4H3/t15-,16-,18-,19-,20+,21?,22-,23-,24-,25+/m0/s1. The summed E-state index contributed by atoms with van der Waals surface area (Å²) in [5.41, 5.74) is -5.27. The first kappa shape index (κ1) is 22.6. The van der Waals surface area contributed by atoms with Crippen LogP contribution in [0.5, 0.6) is 0 Å². The van der Waals surface area contributed by atoms with Gasteiger partial charge in [-0.25, -0.2) is 8.78 Å². The summed E-state index contributed by atoms with van der Waals surface area (Å²) in [6.07, 6.45) is -0.467. The summed E-state index contributed by atoms with van der Waals surface area (Å²) in [6, 6.07) is 0. The lowest BCUT2D eigenvalue weighted by molar-refractivity contribution is -0.241. The molecule has 178 valence electrons. The lowest BCUT2D eigenvalue weighted by Gasteiger charge is -2.64. The third-order valence-electron chi connectivity index (χ3n) is 9.87. The van der Waals surface area contributed by atoms with E-state index in [9.17, 15) is 14.7 Å². The second-order valence-electron chi connectivity index (χ2n) is 11.2. The summed E-state index contributed by atoms with van der Waals surface area (Å²) >= 11 is 0. The number of halogens is 2. The highest BCUT2D eigenvalue weighted by molar-refractivity contribution is 5.92. The Bertz CT molecular complexity index is 890. The molecule has 4 aliphatic carbocycles. The van der Waals surface area contributed by atoms with E-state index in [0.29, 0.717) is 12.8 Å². The number of ether oxygens (including phenoxy) is 2. The zero-order valence-electron chi connectivity index (χ0n) is 19.3. The first-order valence-corrected chi connectivity index (χ1v) is 12.1. The first-order valence-electron chi connectivity index (χ1n) is 12.1. The third-order valence-corrected chi connectivity index (χ3v) is 9.87. The number of ketones is 2. The van der Waals surface area contributed by atoms with E-state index >= 15 is 8.78 Å². The largest absolute Gasteiger partial charge is 0.390 e. The number of Topliss-reactive ketones (excluding diaryl/α,β-unsaturated/α-hetero) is 1. The van der Waals surface area contributed by atoms with Crippen molar-refractivity contribution in [3.63, 3.8) is 0 Å². The number of hydrogen-bond donors (Lipinski definition) is 1. The van der Waals surface area contributed by atoms with Gasteiger partial charge in [0.05, 0.1) is 12.2 Å². The van der Waals surface area contributed by atoms with Gasteiger partial charge in [-0.2, -0.15) is 0 Å². The summed E-state index contributed by atoms with van der Waals surface area (Å²) in [4.78, 5) is 25.1. The summed E-state index contributed by atoms with van der Waals surface area (Å²) < 4.78 is 45.2. The van der Waals surface area contributed by atoms with Crippen LogP contribution in [0.2, 0.25) is 0 Å². The molecular formula is C25H34F2O5. The van der Waals surface area contributed by atoms with Crippen LogP contribution in [0.1, 0.15) is 72.6 Å². The Morgan fingerprint density at radius 3 is 2.66 bits per heavy atom. The monoisotopic (exact) mass is 452 g/mol. The van der Waals surface area contributed by atoms with Gasteiger partial charge in [-0.05, 0) is 56.6 Å². The molecule has 3 saturated carbocycles. The topological polar surface area (TPSA) is 72.8 Å². The number of carbonyl (C=O) groups is 2. The predicted octanol–water partition coefficient (Wildman–Crippen LogP) is 4.01. The van der Waals surface area contributed by atoms with E-state index < -0.39 is 52.7 Å². The van der Waals surface area contributed by atoms with Gasteiger partial charge in [0.15, 0.2) is 23.5 Å². The molecule has 4 fully saturated rings. The molecule has 0 aromatic heterocycles. The number of aliphatic hydroxyl groups is 1. The second-order valence-corrected chi connectivity index (χ2v) is 11.2. The van der Waals surface area contributed by atoms with E-state index in [-0.39, 0.29) is 48.7 Å². The van der Waals surface area contributed by atoms with E-state index in [1.165, 1.54) is 13.0 Å². The third kappa shape index (κ3) is 2.43. The fourth-order valence-electron chi connectivity index (χ4n) is 8.39. The van der Waals surface area contributed by atoms with Gasteiger partial charge in [0.25, 0.3) is 0 Å². The van der Waals surface area contributed by atoms with Crippen molar-refractivity contribution in [1.82, 2.24) is 0 Å². The Balaban J connectivity index is 1.61. The van der Waals surface area contributed by atoms with Crippen molar-refractivity contribution in [2.75, 3.05) is 0 Å². The minimum atomic E-state index is -2.08. The minimum absolute atomic E-state index is 0.0384. The van der Waals surface area contributed by atoms with Gasteiger partial charge in [0, 0.05) is 23.2 Å². The van der Waals surface area contributed by atoms with Gasteiger partial charge in [0.2, 0.25) is 0 Å². The predicted molar refractivity (Wildman–Crippen MR) is 112 cm³/mol. The van der Waals surface area contributed by atoms with Gasteiger partial charge in [0.1, 0.15) is 11.8 Å². The Morgan fingerprint density at radius 2 is 2.00 bits per heavy atom. The lowest BCUT2D eigenvalue weighted by atomic mass is 9.43. The molecule has 1 aliphatic heterocycles. The maximum Gasteiger partial charge on any atom is 0.164 e. The van der Waals surface area contributed by atoms with Crippen molar-refractivity contribution in [3.05, 3.63) is 11.6 Å². The molecule has 10 atom stereocenters. The Kier molecular flexibility index (Phi) is 4.89. The molecule has 5 aliphatic rings. The Hall–Kier alpha value is -1.18. The van der Waals surface area contributed by atoms with Crippen LogP contribution in [0, 0.1) is 22.7 Å². The van der Waals surface area contributed by atoms with Crippen molar-refractivity contribution in [3.8, 4) is 0 Å². The summed E-state index contributed by atoms with van der Waals surface area (Å²) in [5.74, 6) is -1.53. The molecule has 1 unspecified atom stereocenters. The molecule has 0 aromatic rings. The van der Waals surface area contributed by atoms with Crippen molar-refractivity contribution in [1.29, 1.82) is 0 Å². The fraction of sp³-hybridized carbons (Fsp3) is 0.840. The zero-order chi connectivity index (χ0) is 23.3. The smallest absolute Gasteiger partial charge is 0.164 e. The molecule has 0 bridgehead atoms. The Morgan fingerprint density at radius 1 is 1.28 bits per heavy atom. The molecule has 1 heterocycles. The zero-order valence-corrected chi connectivity index (χ0v) is 19.3. The average Bonchev–Trinajstić information content (AvgIpc) is 3.19. The van der Waals surface area contributed by atoms with Crippen molar-refractivity contribution >= 4 is 11.6 Å². The summed E-state index contributed by atoms with van der Waals surface area (Å²) in [6.45, 7) is 7.05. The van der Waals surface area contributed by atoms with Crippen LogP contribution < -0.4 is 0 Å². The van der Waals surface area contributed by atoms with E-state index in [1.54, 1.807) is 6.92 Å². The van der Waals surface area contributed by atoms with Crippen molar-refractivity contribution < 1.29 is 33.0 Å². The highest BCUT2D eigenvalue weighted by Crippen LogP contribution is 2.72. The Labute approximate surface area is 187 Å². The number of aliphatic hydroxyl groups excluding tert-OH is 1. The van der Waals surface area contributed by atoms with Gasteiger partial charge in [-0.15, -0.1) is 0 Å². The molecule has 7 heteroatoms. The quantitative estimate of drug-likeness (QED) is 0.701. The minimum Gasteiger partial charge on any atom is -0.390 e. The first-order chi connectivity index (χ1) is 15.0. The number of carbonyl (C=O) groups excluding carboxylic acids is 2. The molecule has 0 spiro atoms. The number of hydrogen-bond acceptors (Lipinski definition) is 5. The maximum absolute atomic E-state index is 17.2. The van der Waals surface area contributed by atoms with Crippen LogP contribution >= 0.6 is 0 Å². The highest BCUT2D eigenvalue weighted by atomic mass is 19.1. The van der Waals surface area contributed by atoms with Crippen LogP contribution in [0.25, 0.3) is 0 Å². The van der Waals surface area contributed by atoms with Gasteiger partial charge < -0.3 is 14.6 Å².